The van der Waals surface area contributed by atoms with Crippen molar-refractivity contribution < 1.29 is 32.9 Å². The Morgan fingerprint density at radius 3 is 1.16 bits per heavy atom. The van der Waals surface area contributed by atoms with Gasteiger partial charge in [0.25, 0.3) is 0 Å². The van der Waals surface area contributed by atoms with Gasteiger partial charge in [-0.3, -0.25) is 13.8 Å². The highest BCUT2D eigenvalue weighted by Crippen LogP contribution is 2.43. The second-order valence-electron chi connectivity index (χ2n) is 18.9. The lowest BCUT2D eigenvalue weighted by atomic mass is 10.0. The van der Waals surface area contributed by atoms with Crippen molar-refractivity contribution in [1.29, 1.82) is 0 Å². The fraction of sp³-hybridized carbons (Fsp3) is 0.980. The molecule has 58 heavy (non-hydrogen) atoms. The summed E-state index contributed by atoms with van der Waals surface area (Å²) in [7, 11) is 1.63. The van der Waals surface area contributed by atoms with Crippen LogP contribution in [0.3, 0.4) is 0 Å². The van der Waals surface area contributed by atoms with E-state index in [9.17, 15) is 19.4 Å². The molecule has 8 nitrogen and oxygen atoms in total. The van der Waals surface area contributed by atoms with Gasteiger partial charge in [-0.2, -0.15) is 0 Å². The van der Waals surface area contributed by atoms with Gasteiger partial charge in [0.05, 0.1) is 39.9 Å². The largest absolute Gasteiger partial charge is 0.472 e. The lowest BCUT2D eigenvalue weighted by Crippen LogP contribution is -2.46. The quantitative estimate of drug-likeness (QED) is 0.0320. The van der Waals surface area contributed by atoms with Crippen LogP contribution in [0.2, 0.25) is 0 Å². The number of nitrogens with one attached hydrogen (secondary N) is 1. The predicted octanol–water partition coefficient (Wildman–Crippen LogP) is 14.5. The first kappa shape index (κ1) is 57.5. The maximum absolute atomic E-state index is 12.9. The average molecular weight is 846 g/mol. The fourth-order valence-corrected chi connectivity index (χ4v) is 8.55. The van der Waals surface area contributed by atoms with Gasteiger partial charge in [-0.25, -0.2) is 4.57 Å². The Morgan fingerprint density at radius 1 is 0.517 bits per heavy atom. The van der Waals surface area contributed by atoms with Gasteiger partial charge in [-0.05, 0) is 12.8 Å². The molecule has 0 rings (SSSR count). The number of carbonyl (C=O) groups is 1. The maximum atomic E-state index is 12.9. The topological polar surface area (TPSA) is 105 Å². The third-order valence-electron chi connectivity index (χ3n) is 11.9. The van der Waals surface area contributed by atoms with Crippen LogP contribution in [0.5, 0.6) is 0 Å². The van der Waals surface area contributed by atoms with Crippen LogP contribution in [0.1, 0.15) is 258 Å². The van der Waals surface area contributed by atoms with E-state index in [0.717, 1.165) is 38.5 Å². The minimum absolute atomic E-state index is 0.0789. The highest BCUT2D eigenvalue weighted by molar-refractivity contribution is 7.47. The summed E-state index contributed by atoms with van der Waals surface area (Å²) in [5.41, 5.74) is 0. The minimum Gasteiger partial charge on any atom is -0.391 e. The molecule has 348 valence electrons. The van der Waals surface area contributed by atoms with E-state index in [1.54, 1.807) is 0 Å². The van der Waals surface area contributed by atoms with Crippen LogP contribution in [0.25, 0.3) is 0 Å². The number of likely N-dealkylation sites (N-methyl/N-ethyl adjacent to an activating group) is 1. The van der Waals surface area contributed by atoms with Crippen molar-refractivity contribution in [1.82, 2.24) is 5.32 Å². The molecule has 0 spiro atoms. The SMILES string of the molecule is CCCCCCCCCCCCCCCCCCCCCCC(=O)NC(COP(=O)(O)OCC[N+](C)(C)C)C(O)CCCCCCCCCCCCCCCCCC. The predicted molar refractivity (Wildman–Crippen MR) is 249 cm³/mol. The van der Waals surface area contributed by atoms with Gasteiger partial charge >= 0.3 is 7.82 Å². The molecule has 0 saturated heterocycles. The number of quaternary nitrogens is 1. The number of aliphatic hydroxyl groups excluding tert-OH is 1. The number of carbonyl (C=O) groups excluding carboxylic acids is 1. The van der Waals surface area contributed by atoms with Gasteiger partial charge < -0.3 is 19.8 Å². The molecule has 0 saturated carbocycles. The number of nitrogens with zero attached hydrogens (tertiary/aromatic N) is 1. The van der Waals surface area contributed by atoms with Crippen LogP contribution in [0, 0.1) is 0 Å². The summed E-state index contributed by atoms with van der Waals surface area (Å²) in [5.74, 6) is -0.138. The van der Waals surface area contributed by atoms with Crippen molar-refractivity contribution in [2.75, 3.05) is 40.9 Å². The molecule has 0 heterocycles. The molecule has 3 unspecified atom stereocenters. The Kier molecular flexibility index (Phi) is 41.5. The van der Waals surface area contributed by atoms with E-state index in [2.05, 4.69) is 19.2 Å². The molecule has 1 amide bonds. The Bertz CT molecular complexity index is 916. The summed E-state index contributed by atoms with van der Waals surface area (Å²) in [6.45, 7) is 4.93. The number of phosphoric acid groups is 1. The Hall–Kier alpha value is -0.500. The minimum atomic E-state index is -4.31. The summed E-state index contributed by atoms with van der Waals surface area (Å²) in [5, 5.41) is 14.0. The Labute approximate surface area is 361 Å². The number of phosphoric ester groups is 1. The number of amides is 1. The monoisotopic (exact) mass is 846 g/mol. The molecule has 0 aromatic heterocycles. The zero-order chi connectivity index (χ0) is 42.8. The first-order valence-corrected chi connectivity index (χ1v) is 26.9. The molecule has 0 aromatic rings. The molecule has 3 atom stereocenters. The lowest BCUT2D eigenvalue weighted by Gasteiger charge is -2.26. The van der Waals surface area contributed by atoms with Crippen LogP contribution in [-0.4, -0.2) is 73.4 Å². The van der Waals surface area contributed by atoms with Crippen molar-refractivity contribution in [2.45, 2.75) is 270 Å². The molecule has 0 aromatic carbocycles. The second kappa shape index (κ2) is 41.8. The third-order valence-corrected chi connectivity index (χ3v) is 12.8. The smallest absolute Gasteiger partial charge is 0.391 e. The first-order chi connectivity index (χ1) is 28.0. The van der Waals surface area contributed by atoms with Gasteiger partial charge in [-0.15, -0.1) is 0 Å². The molecule has 0 bridgehead atoms. The lowest BCUT2D eigenvalue weighted by molar-refractivity contribution is -0.870. The molecule has 9 heteroatoms. The van der Waals surface area contributed by atoms with E-state index in [1.807, 2.05) is 21.1 Å². The third kappa shape index (κ3) is 43.6. The van der Waals surface area contributed by atoms with Gasteiger partial charge in [0.1, 0.15) is 13.2 Å². The maximum Gasteiger partial charge on any atom is 0.472 e. The molecule has 0 aliphatic heterocycles. The fourth-order valence-electron chi connectivity index (χ4n) is 7.81. The number of hydrogen-bond donors (Lipinski definition) is 3. The van der Waals surface area contributed by atoms with Gasteiger partial charge in [0.2, 0.25) is 5.91 Å². The highest BCUT2D eigenvalue weighted by atomic mass is 31.2. The summed E-state index contributed by atoms with van der Waals surface area (Å²) in [6.07, 6.45) is 47.0. The van der Waals surface area contributed by atoms with E-state index in [4.69, 9.17) is 9.05 Å². The standard InChI is InChI=1S/C49H101N2O6P/c1-6-8-10-12-14-16-18-20-22-24-25-26-27-29-31-33-35-37-39-41-43-49(53)50-47(46-57-58(54,55)56-45-44-51(3,4)5)48(52)42-40-38-36-34-32-30-28-23-21-19-17-15-13-11-9-7-2/h47-48,52H,6-46H2,1-5H3,(H-,50,53,54,55)/p+1. The summed E-state index contributed by atoms with van der Waals surface area (Å²) in [6, 6.07) is -0.753. The van der Waals surface area contributed by atoms with Crippen molar-refractivity contribution >= 4 is 13.7 Å². The number of hydrogen-bond acceptors (Lipinski definition) is 5. The van der Waals surface area contributed by atoms with Crippen LogP contribution in [-0.2, 0) is 18.4 Å². The van der Waals surface area contributed by atoms with E-state index in [0.29, 0.717) is 23.9 Å². The van der Waals surface area contributed by atoms with Crippen LogP contribution >= 0.6 is 7.82 Å². The van der Waals surface area contributed by atoms with Crippen molar-refractivity contribution in [3.05, 3.63) is 0 Å². The summed E-state index contributed by atoms with van der Waals surface area (Å²) >= 11 is 0. The molecule has 0 radical (unpaired) electrons. The average Bonchev–Trinajstić information content (AvgIpc) is 3.17. The van der Waals surface area contributed by atoms with Crippen LogP contribution < -0.4 is 5.32 Å². The van der Waals surface area contributed by atoms with Crippen LogP contribution in [0.15, 0.2) is 0 Å². The Morgan fingerprint density at radius 2 is 0.828 bits per heavy atom. The van der Waals surface area contributed by atoms with E-state index in [-0.39, 0.29) is 19.1 Å². The zero-order valence-electron chi connectivity index (χ0n) is 39.6. The van der Waals surface area contributed by atoms with Gasteiger partial charge in [-0.1, -0.05) is 239 Å². The molecular formula is C49H102N2O6P+. The highest BCUT2D eigenvalue weighted by Gasteiger charge is 2.28. The number of aliphatic hydroxyl groups is 1. The molecule has 3 N–H and O–H groups in total. The van der Waals surface area contributed by atoms with E-state index >= 15 is 0 Å². The van der Waals surface area contributed by atoms with Gasteiger partial charge in [0, 0.05) is 6.42 Å². The van der Waals surface area contributed by atoms with Crippen molar-refractivity contribution in [3.8, 4) is 0 Å². The van der Waals surface area contributed by atoms with Gasteiger partial charge in [0.15, 0.2) is 0 Å². The first-order valence-electron chi connectivity index (χ1n) is 25.4. The summed E-state index contributed by atoms with van der Waals surface area (Å²) in [4.78, 5) is 23.2. The molecule has 0 aliphatic carbocycles. The summed E-state index contributed by atoms with van der Waals surface area (Å²) < 4.78 is 23.7. The Balaban J connectivity index is 4.22. The molecule has 0 fully saturated rings. The van der Waals surface area contributed by atoms with E-state index in [1.165, 1.54) is 193 Å². The number of rotatable bonds is 47. The van der Waals surface area contributed by atoms with Crippen LogP contribution in [0.4, 0.5) is 0 Å². The van der Waals surface area contributed by atoms with Crippen molar-refractivity contribution in [2.24, 2.45) is 0 Å². The molecule has 0 aliphatic rings. The molecular weight excluding hydrogens is 744 g/mol. The zero-order valence-corrected chi connectivity index (χ0v) is 40.5. The second-order valence-corrected chi connectivity index (χ2v) is 20.4. The van der Waals surface area contributed by atoms with E-state index < -0.39 is 20.0 Å². The number of unbranched alkanes of at least 4 members (excludes halogenated alkanes) is 34. The van der Waals surface area contributed by atoms with Crippen molar-refractivity contribution in [3.63, 3.8) is 0 Å². The normalized spacial score (nSPS) is 14.1.